The third-order valence-electron chi connectivity index (χ3n) is 5.00. The van der Waals surface area contributed by atoms with Crippen LogP contribution >= 0.6 is 0 Å². The van der Waals surface area contributed by atoms with E-state index in [0.29, 0.717) is 32.7 Å². The molecule has 1 N–H and O–H groups in total. The Kier molecular flexibility index (Phi) is 6.89. The Hall–Kier alpha value is -2.00. The summed E-state index contributed by atoms with van der Waals surface area (Å²) in [6.07, 6.45) is -0.679. The fourth-order valence-corrected chi connectivity index (χ4v) is 4.88. The van der Waals surface area contributed by atoms with Crippen molar-refractivity contribution in [2.75, 3.05) is 39.3 Å². The van der Waals surface area contributed by atoms with E-state index >= 15 is 0 Å². The number of aliphatic hydroxyl groups excluding tert-OH is 1. The molecule has 1 aliphatic heterocycles. The number of rotatable bonds is 7. The summed E-state index contributed by atoms with van der Waals surface area (Å²) >= 11 is 0. The van der Waals surface area contributed by atoms with Crippen LogP contribution in [0.3, 0.4) is 0 Å². The van der Waals surface area contributed by atoms with Gasteiger partial charge < -0.3 is 9.84 Å². The maximum absolute atomic E-state index is 13.4. The van der Waals surface area contributed by atoms with Crippen LogP contribution in [0.4, 0.5) is 4.39 Å². The number of benzene rings is 2. The predicted molar refractivity (Wildman–Crippen MR) is 109 cm³/mol. The third kappa shape index (κ3) is 5.54. The normalized spacial score (nSPS) is 17.2. The van der Waals surface area contributed by atoms with E-state index in [1.807, 2.05) is 36.9 Å². The van der Waals surface area contributed by atoms with E-state index in [0.717, 1.165) is 22.9 Å². The fraction of sp³-hybridized carbons (Fsp3) is 0.429. The molecule has 6 nitrogen and oxygen atoms in total. The second kappa shape index (κ2) is 9.21. The molecule has 0 aromatic heterocycles. The molecule has 8 heteroatoms. The number of ether oxygens (including phenoxy) is 1. The van der Waals surface area contributed by atoms with Gasteiger partial charge in [0.15, 0.2) is 0 Å². The minimum atomic E-state index is -3.71. The summed E-state index contributed by atoms with van der Waals surface area (Å²) in [6.45, 7) is 6.13. The molecule has 1 heterocycles. The topological polar surface area (TPSA) is 70.1 Å². The highest BCUT2D eigenvalue weighted by atomic mass is 32.2. The Morgan fingerprint density at radius 3 is 2.48 bits per heavy atom. The van der Waals surface area contributed by atoms with Gasteiger partial charge in [-0.2, -0.15) is 4.31 Å². The van der Waals surface area contributed by atoms with Crippen molar-refractivity contribution in [3.8, 4) is 5.75 Å². The van der Waals surface area contributed by atoms with Crippen LogP contribution in [-0.2, 0) is 10.0 Å². The molecule has 0 amide bonds. The van der Waals surface area contributed by atoms with E-state index < -0.39 is 21.9 Å². The maximum atomic E-state index is 13.4. The summed E-state index contributed by atoms with van der Waals surface area (Å²) in [5, 5.41) is 10.3. The predicted octanol–water partition coefficient (Wildman–Crippen LogP) is 2.19. The average molecular weight is 423 g/mol. The molecular weight excluding hydrogens is 395 g/mol. The Morgan fingerprint density at radius 1 is 1.10 bits per heavy atom. The van der Waals surface area contributed by atoms with E-state index in [2.05, 4.69) is 0 Å². The lowest BCUT2D eigenvalue weighted by Gasteiger charge is -2.34. The van der Waals surface area contributed by atoms with Crippen LogP contribution in [0, 0.1) is 19.7 Å². The first kappa shape index (κ1) is 21.7. The molecule has 1 saturated heterocycles. The SMILES string of the molecule is Cc1ccc(OCC(O)CN2CCN(S(=O)(=O)c3cccc(F)c3)CC2)c(C)c1. The molecule has 1 unspecified atom stereocenters. The van der Waals surface area contributed by atoms with Crippen LogP contribution in [0.2, 0.25) is 0 Å². The van der Waals surface area contributed by atoms with E-state index in [1.165, 1.54) is 22.5 Å². The van der Waals surface area contributed by atoms with Crippen molar-refractivity contribution in [2.45, 2.75) is 24.8 Å². The van der Waals surface area contributed by atoms with Crippen molar-refractivity contribution in [1.29, 1.82) is 0 Å². The van der Waals surface area contributed by atoms with Crippen LogP contribution in [-0.4, -0.2) is 68.2 Å². The summed E-state index contributed by atoms with van der Waals surface area (Å²) in [4.78, 5) is 1.97. The van der Waals surface area contributed by atoms with E-state index in [1.54, 1.807) is 0 Å². The van der Waals surface area contributed by atoms with Gasteiger partial charge in [-0.05, 0) is 43.7 Å². The van der Waals surface area contributed by atoms with Gasteiger partial charge in [-0.3, -0.25) is 4.90 Å². The Balaban J connectivity index is 1.49. The van der Waals surface area contributed by atoms with Crippen LogP contribution in [0.1, 0.15) is 11.1 Å². The molecule has 158 valence electrons. The smallest absolute Gasteiger partial charge is 0.243 e. The fourth-order valence-electron chi connectivity index (χ4n) is 3.43. The summed E-state index contributed by atoms with van der Waals surface area (Å²) in [5.41, 5.74) is 2.18. The largest absolute Gasteiger partial charge is 0.491 e. The number of piperazine rings is 1. The molecule has 1 atom stereocenters. The number of aliphatic hydroxyl groups is 1. The molecule has 0 spiro atoms. The second-order valence-electron chi connectivity index (χ2n) is 7.40. The van der Waals surface area contributed by atoms with E-state index in [4.69, 9.17) is 4.74 Å². The van der Waals surface area contributed by atoms with Gasteiger partial charge in [0.05, 0.1) is 4.90 Å². The van der Waals surface area contributed by atoms with Gasteiger partial charge in [0.25, 0.3) is 0 Å². The molecule has 2 aromatic rings. The lowest BCUT2D eigenvalue weighted by Crippen LogP contribution is -2.50. The number of β-amino-alcohol motifs (C(OH)–C–C–N with tert-alkyl or cyclic N) is 1. The zero-order chi connectivity index (χ0) is 21.0. The molecule has 3 rings (SSSR count). The van der Waals surface area contributed by atoms with Gasteiger partial charge in [0, 0.05) is 32.7 Å². The van der Waals surface area contributed by atoms with Gasteiger partial charge in [-0.25, -0.2) is 12.8 Å². The first-order valence-electron chi connectivity index (χ1n) is 9.62. The summed E-state index contributed by atoms with van der Waals surface area (Å²) in [5.74, 6) is 0.178. The summed E-state index contributed by atoms with van der Waals surface area (Å²) in [6, 6.07) is 10.9. The van der Waals surface area contributed by atoms with Crippen molar-refractivity contribution in [3.63, 3.8) is 0 Å². The first-order chi connectivity index (χ1) is 13.8. The standard InChI is InChI=1S/C21H27FN2O4S/c1-16-6-7-21(17(2)12-16)28-15-19(25)14-23-8-10-24(11-9-23)29(26,27)20-5-3-4-18(22)13-20/h3-7,12-13,19,25H,8-11,14-15H2,1-2H3. The molecule has 1 aliphatic rings. The van der Waals surface area contributed by atoms with Gasteiger partial charge in [0.2, 0.25) is 10.0 Å². The number of aryl methyl sites for hydroxylation is 2. The highest BCUT2D eigenvalue weighted by Gasteiger charge is 2.29. The molecule has 0 saturated carbocycles. The summed E-state index contributed by atoms with van der Waals surface area (Å²) in [7, 11) is -3.71. The first-order valence-corrected chi connectivity index (χ1v) is 11.1. The van der Waals surface area contributed by atoms with Crippen LogP contribution in [0.15, 0.2) is 47.4 Å². The van der Waals surface area contributed by atoms with Crippen molar-refractivity contribution in [3.05, 3.63) is 59.4 Å². The lowest BCUT2D eigenvalue weighted by atomic mass is 10.1. The molecule has 0 radical (unpaired) electrons. The minimum absolute atomic E-state index is 0.0344. The Morgan fingerprint density at radius 2 is 1.83 bits per heavy atom. The minimum Gasteiger partial charge on any atom is -0.491 e. The molecule has 29 heavy (non-hydrogen) atoms. The van der Waals surface area contributed by atoms with E-state index in [-0.39, 0.29) is 11.5 Å². The number of halogens is 1. The lowest BCUT2D eigenvalue weighted by molar-refractivity contribution is 0.0567. The Bertz CT molecular complexity index is 943. The molecular formula is C21H27FN2O4S. The van der Waals surface area contributed by atoms with Gasteiger partial charge in [-0.15, -0.1) is 0 Å². The van der Waals surface area contributed by atoms with Gasteiger partial charge in [0.1, 0.15) is 24.3 Å². The number of hydrogen-bond acceptors (Lipinski definition) is 5. The third-order valence-corrected chi connectivity index (χ3v) is 6.89. The monoisotopic (exact) mass is 422 g/mol. The molecule has 1 fully saturated rings. The molecule has 0 bridgehead atoms. The van der Waals surface area contributed by atoms with Gasteiger partial charge >= 0.3 is 0 Å². The highest BCUT2D eigenvalue weighted by Crippen LogP contribution is 2.20. The van der Waals surface area contributed by atoms with Crippen molar-refractivity contribution < 1.29 is 22.7 Å². The van der Waals surface area contributed by atoms with Crippen molar-refractivity contribution >= 4 is 10.0 Å². The second-order valence-corrected chi connectivity index (χ2v) is 9.33. The van der Waals surface area contributed by atoms with E-state index in [9.17, 15) is 17.9 Å². The van der Waals surface area contributed by atoms with Crippen LogP contribution in [0.5, 0.6) is 5.75 Å². The summed E-state index contributed by atoms with van der Waals surface area (Å²) < 4.78 is 45.8. The van der Waals surface area contributed by atoms with Crippen molar-refractivity contribution in [2.24, 2.45) is 0 Å². The van der Waals surface area contributed by atoms with Crippen LogP contribution in [0.25, 0.3) is 0 Å². The zero-order valence-electron chi connectivity index (χ0n) is 16.7. The highest BCUT2D eigenvalue weighted by molar-refractivity contribution is 7.89. The number of sulfonamides is 1. The average Bonchev–Trinajstić information content (AvgIpc) is 2.68. The zero-order valence-corrected chi connectivity index (χ0v) is 17.5. The van der Waals surface area contributed by atoms with Gasteiger partial charge in [-0.1, -0.05) is 23.8 Å². The molecule has 0 aliphatic carbocycles. The van der Waals surface area contributed by atoms with Crippen molar-refractivity contribution in [1.82, 2.24) is 9.21 Å². The quantitative estimate of drug-likeness (QED) is 0.741. The molecule has 2 aromatic carbocycles. The Labute approximate surface area is 171 Å². The number of hydrogen-bond donors (Lipinski definition) is 1. The van der Waals surface area contributed by atoms with Crippen LogP contribution < -0.4 is 4.74 Å². The maximum Gasteiger partial charge on any atom is 0.243 e. The number of nitrogens with zero attached hydrogens (tertiary/aromatic N) is 2.